The number of carbonyl (C=O) groups excluding carboxylic acids is 1. The molecule has 12 heavy (non-hydrogen) atoms. The number of Topliss-reactive ketones (excluding diaryl/α,β-unsaturated/α-hetero) is 1. The molecule has 3 nitrogen and oxygen atoms in total. The Morgan fingerprint density at radius 2 is 1.58 bits per heavy atom. The van der Waals surface area contributed by atoms with Crippen molar-refractivity contribution < 1.29 is 37.1 Å². The van der Waals surface area contributed by atoms with Gasteiger partial charge in [0.2, 0.25) is 0 Å². The van der Waals surface area contributed by atoms with Crippen LogP contribution in [0.5, 0.6) is 0 Å². The number of rotatable bonds is 2. The van der Waals surface area contributed by atoms with Crippen molar-refractivity contribution in [1.82, 2.24) is 0 Å². The predicted molar refractivity (Wildman–Crippen MR) is 38.4 cm³/mol. The third kappa shape index (κ3) is 2.62. The van der Waals surface area contributed by atoms with Gasteiger partial charge in [-0.25, -0.2) is 4.79 Å². The average molecular weight is 258 g/mol. The summed E-state index contributed by atoms with van der Waals surface area (Å²) in [5.41, 5.74) is 0.208. The van der Waals surface area contributed by atoms with Crippen molar-refractivity contribution >= 4 is 11.8 Å². The molecule has 0 aliphatic heterocycles. The molecule has 67 valence electrons. The Balaban J connectivity index is 0.00000121. The van der Waals surface area contributed by atoms with Crippen LogP contribution in [-0.4, -0.2) is 16.9 Å². The van der Waals surface area contributed by atoms with Gasteiger partial charge < -0.3 is 5.11 Å². The summed E-state index contributed by atoms with van der Waals surface area (Å²) in [6.07, 6.45) is 0. The monoisotopic (exact) mass is 257 g/mol. The molecule has 4 heteroatoms. The summed E-state index contributed by atoms with van der Waals surface area (Å²) in [4.78, 5) is 20.9. The minimum Gasteiger partial charge on any atom is -0.475 e. The predicted octanol–water partition coefficient (Wildman–Crippen LogP) is 0.951. The Labute approximate surface area is 84.9 Å². The third-order valence-electron chi connectivity index (χ3n) is 1.23. The Morgan fingerprint density at radius 3 is 2.00 bits per heavy atom. The summed E-state index contributed by atoms with van der Waals surface area (Å²) in [6.45, 7) is 0. The summed E-state index contributed by atoms with van der Waals surface area (Å²) < 4.78 is 0. The minimum absolute atomic E-state index is 0. The molecule has 0 unspecified atom stereocenters. The van der Waals surface area contributed by atoms with E-state index < -0.39 is 11.8 Å². The fourth-order valence-electron chi connectivity index (χ4n) is 0.713. The van der Waals surface area contributed by atoms with Crippen LogP contribution in [0.4, 0.5) is 0 Å². The molecule has 1 rings (SSSR count). The van der Waals surface area contributed by atoms with Gasteiger partial charge >= 0.3 is 5.97 Å². The summed E-state index contributed by atoms with van der Waals surface area (Å²) in [7, 11) is 0. The van der Waals surface area contributed by atoms with Crippen molar-refractivity contribution in [2.75, 3.05) is 0 Å². The van der Waals surface area contributed by atoms with E-state index in [9.17, 15) is 9.59 Å². The number of carboxylic acid groups (broad SMARTS) is 1. The fourth-order valence-corrected chi connectivity index (χ4v) is 0.713. The van der Waals surface area contributed by atoms with E-state index in [1.807, 2.05) is 0 Å². The zero-order valence-corrected chi connectivity index (χ0v) is 7.43. The van der Waals surface area contributed by atoms with Crippen LogP contribution < -0.4 is 0 Å². The van der Waals surface area contributed by atoms with Gasteiger partial charge in [0.1, 0.15) is 0 Å². The Kier molecular flexibility index (Phi) is 4.51. The van der Waals surface area contributed by atoms with Crippen LogP contribution in [-0.2, 0) is 27.2 Å². The van der Waals surface area contributed by atoms with Crippen molar-refractivity contribution in [3.63, 3.8) is 0 Å². The van der Waals surface area contributed by atoms with Crippen molar-refractivity contribution in [2.24, 2.45) is 0 Å². The number of ketones is 1. The molecule has 0 saturated heterocycles. The molecule has 0 atom stereocenters. The second-order valence-electron chi connectivity index (χ2n) is 2.00. The van der Waals surface area contributed by atoms with E-state index in [2.05, 4.69) is 0 Å². The van der Waals surface area contributed by atoms with E-state index in [0.717, 1.165) is 0 Å². The van der Waals surface area contributed by atoms with E-state index >= 15 is 0 Å². The first-order chi connectivity index (χ1) is 5.22. The molecule has 1 aromatic carbocycles. The SMILES string of the molecule is O=C(O)C(=O)c1ccccc1.[Ag]. The van der Waals surface area contributed by atoms with Crippen LogP contribution in [0.2, 0.25) is 0 Å². The molecule has 0 aliphatic carbocycles. The van der Waals surface area contributed by atoms with E-state index in [-0.39, 0.29) is 27.9 Å². The second-order valence-corrected chi connectivity index (χ2v) is 2.00. The number of hydrogen-bond acceptors (Lipinski definition) is 2. The minimum atomic E-state index is -1.42. The fraction of sp³-hybridized carbons (Fsp3) is 0. The number of benzene rings is 1. The summed E-state index contributed by atoms with van der Waals surface area (Å²) in [5.74, 6) is -2.29. The van der Waals surface area contributed by atoms with Crippen LogP contribution >= 0.6 is 0 Å². The summed E-state index contributed by atoms with van der Waals surface area (Å²) in [5, 5.41) is 8.29. The average Bonchev–Trinajstić information content (AvgIpc) is 2.05. The van der Waals surface area contributed by atoms with Gasteiger partial charge in [0.25, 0.3) is 5.78 Å². The van der Waals surface area contributed by atoms with E-state index in [4.69, 9.17) is 5.11 Å². The largest absolute Gasteiger partial charge is 0.475 e. The molecule has 0 aromatic heterocycles. The van der Waals surface area contributed by atoms with Crippen molar-refractivity contribution in [3.8, 4) is 0 Å². The van der Waals surface area contributed by atoms with E-state index in [1.54, 1.807) is 18.2 Å². The van der Waals surface area contributed by atoms with Crippen molar-refractivity contribution in [3.05, 3.63) is 35.9 Å². The van der Waals surface area contributed by atoms with Crippen LogP contribution in [0.3, 0.4) is 0 Å². The van der Waals surface area contributed by atoms with Crippen LogP contribution in [0.15, 0.2) is 30.3 Å². The smallest absolute Gasteiger partial charge is 0.377 e. The van der Waals surface area contributed by atoms with Gasteiger partial charge in [0, 0.05) is 27.9 Å². The molecule has 0 amide bonds. The maximum Gasteiger partial charge on any atom is 0.377 e. The van der Waals surface area contributed by atoms with Gasteiger partial charge in [0.15, 0.2) is 0 Å². The second kappa shape index (κ2) is 4.87. The van der Waals surface area contributed by atoms with E-state index in [0.29, 0.717) is 0 Å². The molecule has 1 radical (unpaired) electrons. The van der Waals surface area contributed by atoms with Crippen LogP contribution in [0.1, 0.15) is 10.4 Å². The standard InChI is InChI=1S/C8H6O3.Ag/c9-7(8(10)11)6-4-2-1-3-5-6;/h1-5H,(H,10,11);. The van der Waals surface area contributed by atoms with Gasteiger partial charge in [0.05, 0.1) is 0 Å². The zero-order chi connectivity index (χ0) is 8.27. The molecule has 0 aliphatic rings. The van der Waals surface area contributed by atoms with E-state index in [1.165, 1.54) is 12.1 Å². The van der Waals surface area contributed by atoms with Gasteiger partial charge in [-0.2, -0.15) is 0 Å². The maximum atomic E-state index is 10.7. The van der Waals surface area contributed by atoms with Gasteiger partial charge in [-0.05, 0) is 0 Å². The zero-order valence-electron chi connectivity index (χ0n) is 5.95. The molecule has 0 bridgehead atoms. The molecule has 1 aromatic rings. The number of hydrogen-bond donors (Lipinski definition) is 1. The molecular formula is C8H6AgO3. The van der Waals surface area contributed by atoms with Gasteiger partial charge in [-0.1, -0.05) is 30.3 Å². The van der Waals surface area contributed by atoms with Crippen molar-refractivity contribution in [1.29, 1.82) is 0 Å². The first-order valence-corrected chi connectivity index (χ1v) is 3.04. The van der Waals surface area contributed by atoms with Crippen LogP contribution in [0, 0.1) is 0 Å². The Morgan fingerprint density at radius 1 is 1.08 bits per heavy atom. The first-order valence-electron chi connectivity index (χ1n) is 3.04. The third-order valence-corrected chi connectivity index (χ3v) is 1.23. The summed E-state index contributed by atoms with van der Waals surface area (Å²) in [6, 6.07) is 7.90. The molecule has 0 heterocycles. The molecule has 1 N–H and O–H groups in total. The Bertz CT molecular complexity index is 282. The number of aliphatic carboxylic acids is 1. The quantitative estimate of drug-likeness (QED) is 0.488. The Hall–Kier alpha value is -0.900. The molecule has 0 fully saturated rings. The molecule has 0 spiro atoms. The topological polar surface area (TPSA) is 54.4 Å². The normalized spacial score (nSPS) is 8.33. The number of carboxylic acids is 1. The van der Waals surface area contributed by atoms with Crippen molar-refractivity contribution in [2.45, 2.75) is 0 Å². The van der Waals surface area contributed by atoms with Gasteiger partial charge in [-0.15, -0.1) is 0 Å². The summed E-state index contributed by atoms with van der Waals surface area (Å²) >= 11 is 0. The molecule has 0 saturated carbocycles. The number of carbonyl (C=O) groups is 2. The van der Waals surface area contributed by atoms with Crippen LogP contribution in [0.25, 0.3) is 0 Å². The molecular weight excluding hydrogens is 252 g/mol. The first kappa shape index (κ1) is 11.1. The van der Waals surface area contributed by atoms with Gasteiger partial charge in [-0.3, -0.25) is 4.79 Å². The maximum absolute atomic E-state index is 10.7.